The summed E-state index contributed by atoms with van der Waals surface area (Å²) in [6, 6.07) is -1.22. The zero-order valence-corrected chi connectivity index (χ0v) is 40.3. The highest BCUT2D eigenvalue weighted by Crippen LogP contribution is 2.13. The quantitative estimate of drug-likeness (QED) is 0.0171. The molecule has 0 aliphatic heterocycles. The lowest BCUT2D eigenvalue weighted by Gasteiger charge is -2.16. The van der Waals surface area contributed by atoms with Gasteiger partial charge < -0.3 is 41.6 Å². The molecule has 8 N–H and O–H groups in total. The Morgan fingerprint density at radius 3 is 1.51 bits per heavy atom. The number of hydrogen-bond donors (Lipinski definition) is 10. The molecule has 0 heterocycles. The highest BCUT2D eigenvalue weighted by molar-refractivity contribution is 7.96. The average molecular weight is 909 g/mol. The van der Waals surface area contributed by atoms with Crippen LogP contribution in [-0.4, -0.2) is 104 Å². The Balaban J connectivity index is -0.000000396. The molecule has 0 bridgehead atoms. The van der Waals surface area contributed by atoms with Crippen molar-refractivity contribution in [1.82, 2.24) is 31.3 Å². The van der Waals surface area contributed by atoms with Gasteiger partial charge in [0.2, 0.25) is 23.3 Å². The van der Waals surface area contributed by atoms with Crippen LogP contribution in [0.4, 0.5) is 0 Å². The van der Waals surface area contributed by atoms with E-state index in [2.05, 4.69) is 63.7 Å². The molecule has 3 unspecified atom stereocenters. The summed E-state index contributed by atoms with van der Waals surface area (Å²) < 4.78 is 2.61. The van der Waals surface area contributed by atoms with E-state index in [1.54, 1.807) is 14.1 Å². The van der Waals surface area contributed by atoms with Gasteiger partial charge in [0.05, 0.1) is 12.1 Å². The third-order valence-electron chi connectivity index (χ3n) is 9.61. The van der Waals surface area contributed by atoms with E-state index >= 15 is 0 Å². The first kappa shape index (κ1) is 64.9. The number of amides is 3. The van der Waals surface area contributed by atoms with E-state index in [1.165, 1.54) is 70.6 Å². The lowest BCUT2D eigenvalue weighted by atomic mass is 10.0. The summed E-state index contributed by atoms with van der Waals surface area (Å²) in [5.41, 5.74) is 0. The van der Waals surface area contributed by atoms with Crippen LogP contribution in [0.15, 0.2) is 0 Å². The molecule has 0 aliphatic carbocycles. The van der Waals surface area contributed by atoms with E-state index in [-0.39, 0.29) is 35.4 Å². The van der Waals surface area contributed by atoms with Crippen molar-refractivity contribution in [3.05, 3.63) is 0 Å². The summed E-state index contributed by atoms with van der Waals surface area (Å²) in [5, 5.41) is 31.0. The highest BCUT2D eigenvalue weighted by atomic mass is 32.1. The van der Waals surface area contributed by atoms with Gasteiger partial charge in [-0.3, -0.25) is 33.5 Å². The Bertz CT molecular complexity index is 1060. The van der Waals surface area contributed by atoms with Gasteiger partial charge in [0.1, 0.15) is 12.3 Å². The van der Waals surface area contributed by atoms with E-state index < -0.39 is 18.0 Å². The van der Waals surface area contributed by atoms with E-state index in [0.29, 0.717) is 45.3 Å². The molecule has 0 radical (unpaired) electrons. The number of likely N-dealkylation sites (N-methyl/N-ethyl adjacent to an activating group) is 2. The molecule has 3 atom stereocenters. The summed E-state index contributed by atoms with van der Waals surface area (Å²) >= 11 is 7.66. The number of carboxylic acid groups (broad SMARTS) is 2. The van der Waals surface area contributed by atoms with Crippen molar-refractivity contribution in [2.24, 2.45) is 0 Å². The number of nitrogens with one attached hydrogen (secondary N) is 6. The third kappa shape index (κ3) is 51.5. The van der Waals surface area contributed by atoms with Crippen molar-refractivity contribution in [2.45, 2.75) is 206 Å². The lowest BCUT2D eigenvalue weighted by molar-refractivity contribution is -0.140. The molecule has 0 aromatic rings. The number of aldehydes is 1. The molecule has 0 spiro atoms. The van der Waals surface area contributed by atoms with Gasteiger partial charge in [-0.15, -0.1) is 12.6 Å². The zero-order chi connectivity index (χ0) is 46.8. The summed E-state index contributed by atoms with van der Waals surface area (Å²) in [7, 11) is 3.34. The van der Waals surface area contributed by atoms with E-state index in [9.17, 15) is 33.6 Å². The predicted octanol–water partition coefficient (Wildman–Crippen LogP) is 6.93. The van der Waals surface area contributed by atoms with Crippen LogP contribution >= 0.6 is 25.4 Å². The van der Waals surface area contributed by atoms with Crippen LogP contribution in [0.1, 0.15) is 188 Å². The van der Waals surface area contributed by atoms with Gasteiger partial charge in [-0.05, 0) is 78.3 Å². The Morgan fingerprint density at radius 1 is 0.574 bits per heavy atom. The number of carbonyl (C=O) groups is 7. The maximum atomic E-state index is 12.0. The summed E-state index contributed by atoms with van der Waals surface area (Å²) in [6.45, 7) is 8.04. The molecule has 0 aromatic carbocycles. The Hall–Kier alpha value is -2.73. The highest BCUT2D eigenvalue weighted by Gasteiger charge is 2.17. The van der Waals surface area contributed by atoms with E-state index in [1.807, 2.05) is 13.8 Å². The van der Waals surface area contributed by atoms with Gasteiger partial charge in [-0.1, -0.05) is 117 Å². The van der Waals surface area contributed by atoms with Crippen LogP contribution < -0.4 is 31.3 Å². The zero-order valence-electron chi connectivity index (χ0n) is 38.5. The summed E-state index contributed by atoms with van der Waals surface area (Å²) in [4.78, 5) is 75.7. The molecule has 15 nitrogen and oxygen atoms in total. The minimum atomic E-state index is -0.914. The van der Waals surface area contributed by atoms with Gasteiger partial charge in [0, 0.05) is 38.9 Å². The Labute approximate surface area is 380 Å². The number of carbonyl (C=O) groups excluding carboxylic acids is 5. The fourth-order valence-corrected chi connectivity index (χ4v) is 6.44. The van der Waals surface area contributed by atoms with Crippen molar-refractivity contribution in [2.75, 3.05) is 33.7 Å². The molecule has 0 saturated heterocycles. The van der Waals surface area contributed by atoms with Gasteiger partial charge in [-0.25, -0.2) is 0 Å². The molecular weight excluding hydrogens is 821 g/mol. The molecule has 3 amide bonds. The second-order valence-electron chi connectivity index (χ2n) is 14.7. The Morgan fingerprint density at radius 2 is 1.05 bits per heavy atom. The number of thiol groups is 2. The molecule has 0 rings (SSSR count). The van der Waals surface area contributed by atoms with Gasteiger partial charge in [0.15, 0.2) is 0 Å². The molecule has 0 fully saturated rings. The second kappa shape index (κ2) is 53.4. The third-order valence-corrected chi connectivity index (χ3v) is 10.2. The summed E-state index contributed by atoms with van der Waals surface area (Å²) in [5.74, 6) is -1.68. The molecule has 17 heteroatoms. The largest absolute Gasteiger partial charge is 0.481 e. The van der Waals surface area contributed by atoms with Crippen LogP contribution in [0.3, 0.4) is 0 Å². The van der Waals surface area contributed by atoms with Crippen LogP contribution in [-0.2, 0) is 33.6 Å². The maximum absolute atomic E-state index is 12.0. The monoisotopic (exact) mass is 909 g/mol. The summed E-state index contributed by atoms with van der Waals surface area (Å²) in [6.07, 6.45) is 26.9. The molecule has 0 aromatic heterocycles. The lowest BCUT2D eigenvalue weighted by Crippen LogP contribution is -2.43. The first-order valence-corrected chi connectivity index (χ1v) is 23.9. The maximum Gasteiger partial charge on any atom is 0.320 e. The van der Waals surface area contributed by atoms with Crippen molar-refractivity contribution in [1.29, 1.82) is 0 Å². The fraction of sp³-hybridized carbons (Fsp3) is 0.841. The van der Waals surface area contributed by atoms with Crippen molar-refractivity contribution in [3.8, 4) is 0 Å². The van der Waals surface area contributed by atoms with Crippen LogP contribution in [0.5, 0.6) is 0 Å². The van der Waals surface area contributed by atoms with Gasteiger partial charge in [0.25, 0.3) is 0 Å². The van der Waals surface area contributed by atoms with Gasteiger partial charge in [-0.2, -0.15) is 0 Å². The first-order valence-electron chi connectivity index (χ1n) is 23.0. The normalized spacial score (nSPS) is 11.7. The average Bonchev–Trinajstić information content (AvgIpc) is 3.24. The van der Waals surface area contributed by atoms with E-state index in [0.717, 1.165) is 76.9 Å². The molecule has 360 valence electrons. The number of rotatable bonds is 40. The fourth-order valence-electron chi connectivity index (χ4n) is 5.90. The van der Waals surface area contributed by atoms with Crippen LogP contribution in [0.2, 0.25) is 0 Å². The first-order chi connectivity index (χ1) is 29.4. The smallest absolute Gasteiger partial charge is 0.320 e. The molecular formula is C44H88N6O9S2. The number of unbranched alkanes of at least 4 members (excludes halogenated alkanes) is 17. The van der Waals surface area contributed by atoms with Crippen LogP contribution in [0.25, 0.3) is 0 Å². The van der Waals surface area contributed by atoms with Gasteiger partial charge >= 0.3 is 11.9 Å². The SMILES string of the molecule is CC.CCCCCCNC(=O)CCC(NC)C(=O)O.CNC(CCCCNC=O)C(=O)NCCCCC(NS)C(=O)S.O=CCCCCCCCCCCCCCCC(=O)O. The van der Waals surface area contributed by atoms with Crippen molar-refractivity contribution in [3.63, 3.8) is 0 Å². The predicted molar refractivity (Wildman–Crippen MR) is 254 cm³/mol. The molecule has 0 aliphatic rings. The standard InChI is InChI=1S/C16H30O3.C14H28N4O3S2.C12H24N2O3.C2H6/c17-15-13-11-9-7-5-3-1-2-4-6-8-10-12-14-16(18)19;1-15-11(6-2-4-8-16-10-19)13(20)17-9-5-3-7-12(18-23)14(21)22;1-3-4-5-6-9-14-11(15)8-7-10(13-2)12(16)17;1-2/h15H,1-14H2,(H,18,19);10-12,15,18,23H,2-9H2,1H3,(H,16,19)(H,17,20)(H,21,22);10,13H,3-9H2,1-2H3,(H,14,15)(H,16,17);1-2H3. The second-order valence-corrected chi connectivity index (χ2v) is 15.4. The minimum absolute atomic E-state index is 0.0232. The Kier molecular flexibility index (Phi) is 56.8. The topological polar surface area (TPSA) is 232 Å². The molecule has 0 saturated carbocycles. The van der Waals surface area contributed by atoms with E-state index in [4.69, 9.17) is 10.2 Å². The van der Waals surface area contributed by atoms with Crippen molar-refractivity contribution >= 4 is 67.0 Å². The molecule has 61 heavy (non-hydrogen) atoms. The number of carboxylic acids is 2. The van der Waals surface area contributed by atoms with Crippen molar-refractivity contribution < 1.29 is 43.8 Å². The minimum Gasteiger partial charge on any atom is -0.481 e. The number of hydrogen-bond acceptors (Lipinski definition) is 11. The van der Waals surface area contributed by atoms with Crippen LogP contribution in [0, 0.1) is 0 Å². The number of aliphatic carboxylic acids is 2.